The van der Waals surface area contributed by atoms with E-state index in [1.165, 1.54) is 0 Å². The zero-order chi connectivity index (χ0) is 18.8. The van der Waals surface area contributed by atoms with Crippen molar-refractivity contribution in [2.24, 2.45) is 0 Å². The van der Waals surface area contributed by atoms with E-state index in [-0.39, 0.29) is 18.2 Å². The van der Waals surface area contributed by atoms with E-state index in [0.717, 1.165) is 52.0 Å². The maximum Gasteiger partial charge on any atom is 0.304 e. The third-order valence-electron chi connectivity index (χ3n) is 5.03. The van der Waals surface area contributed by atoms with Gasteiger partial charge in [0.25, 0.3) is 0 Å². The number of carboxylic acids is 1. The lowest BCUT2D eigenvalue weighted by Crippen LogP contribution is -2.04. The lowest BCUT2D eigenvalue weighted by atomic mass is 9.96. The number of hydrogen-bond donors (Lipinski definition) is 1. The standard InChI is InChI=1S/C21H24FNO2S/c1-4-9-26-21-19-16(13(5-2)6-3)11-15(22)12-17(19)23-8-7-14(20(21)23)10-18(24)25/h4-5,9,11-12,14H,6-8,10H2,1-3H3,(H,24,25)/b9-4+,13-5+. The van der Waals surface area contributed by atoms with Gasteiger partial charge in [-0.1, -0.05) is 30.8 Å². The van der Waals surface area contributed by atoms with E-state index in [1.54, 1.807) is 23.9 Å². The van der Waals surface area contributed by atoms with Crippen molar-refractivity contribution < 1.29 is 14.3 Å². The maximum absolute atomic E-state index is 14.4. The predicted molar refractivity (Wildman–Crippen MR) is 106 cm³/mol. The van der Waals surface area contributed by atoms with Gasteiger partial charge < -0.3 is 9.67 Å². The Balaban J connectivity index is 2.34. The van der Waals surface area contributed by atoms with Crippen LogP contribution in [0.1, 0.15) is 57.2 Å². The lowest BCUT2D eigenvalue weighted by molar-refractivity contribution is -0.137. The van der Waals surface area contributed by atoms with E-state index >= 15 is 0 Å². The molecule has 5 heteroatoms. The van der Waals surface area contributed by atoms with Gasteiger partial charge in [0.2, 0.25) is 0 Å². The molecule has 0 fully saturated rings. The number of carboxylic acid groups (broad SMARTS) is 1. The van der Waals surface area contributed by atoms with Crippen LogP contribution in [0.15, 0.2) is 34.6 Å². The van der Waals surface area contributed by atoms with Crippen molar-refractivity contribution in [3.8, 4) is 0 Å². The minimum atomic E-state index is -0.787. The molecule has 3 nitrogen and oxygen atoms in total. The first-order chi connectivity index (χ1) is 12.5. The summed E-state index contributed by atoms with van der Waals surface area (Å²) in [4.78, 5) is 12.4. The van der Waals surface area contributed by atoms with Crippen molar-refractivity contribution in [3.05, 3.63) is 46.8 Å². The number of allylic oxidation sites excluding steroid dienone is 3. The molecule has 0 bridgehead atoms. The van der Waals surface area contributed by atoms with E-state index in [1.807, 2.05) is 31.4 Å². The van der Waals surface area contributed by atoms with Crippen molar-refractivity contribution in [2.45, 2.75) is 57.4 Å². The molecule has 3 rings (SSSR count). The number of nitrogens with zero attached hydrogens (tertiary/aromatic N) is 1. The van der Waals surface area contributed by atoms with Crippen LogP contribution in [-0.2, 0) is 11.3 Å². The number of thioether (sulfide) groups is 1. The van der Waals surface area contributed by atoms with Gasteiger partial charge in [0, 0.05) is 28.4 Å². The molecule has 1 unspecified atom stereocenters. The van der Waals surface area contributed by atoms with Gasteiger partial charge in [0.1, 0.15) is 5.82 Å². The highest BCUT2D eigenvalue weighted by atomic mass is 32.2. The molecule has 1 aliphatic rings. The van der Waals surface area contributed by atoms with Gasteiger partial charge in [-0.2, -0.15) is 0 Å². The highest BCUT2D eigenvalue weighted by Crippen LogP contribution is 2.47. The van der Waals surface area contributed by atoms with E-state index in [2.05, 4.69) is 11.5 Å². The second-order valence-electron chi connectivity index (χ2n) is 6.55. The lowest BCUT2D eigenvalue weighted by Gasteiger charge is -2.12. The first-order valence-electron chi connectivity index (χ1n) is 9.02. The molecule has 2 aromatic rings. The molecule has 1 atom stereocenters. The topological polar surface area (TPSA) is 42.2 Å². The molecular weight excluding hydrogens is 349 g/mol. The number of hydrogen-bond acceptors (Lipinski definition) is 2. The van der Waals surface area contributed by atoms with Crippen molar-refractivity contribution in [3.63, 3.8) is 0 Å². The zero-order valence-electron chi connectivity index (χ0n) is 15.4. The monoisotopic (exact) mass is 373 g/mol. The van der Waals surface area contributed by atoms with Crippen LogP contribution < -0.4 is 0 Å². The van der Waals surface area contributed by atoms with Crippen LogP contribution in [0.3, 0.4) is 0 Å². The molecule has 0 radical (unpaired) electrons. The van der Waals surface area contributed by atoms with E-state index < -0.39 is 5.97 Å². The molecule has 0 saturated heterocycles. The Bertz CT molecular complexity index is 911. The van der Waals surface area contributed by atoms with E-state index in [0.29, 0.717) is 0 Å². The quantitative estimate of drug-likeness (QED) is 0.615. The Morgan fingerprint density at radius 2 is 2.19 bits per heavy atom. The van der Waals surface area contributed by atoms with Gasteiger partial charge in [0.05, 0.1) is 11.9 Å². The molecular formula is C21H24FNO2S. The predicted octanol–water partition coefficient (Wildman–Crippen LogP) is 6.18. The zero-order valence-corrected chi connectivity index (χ0v) is 16.2. The van der Waals surface area contributed by atoms with Crippen molar-refractivity contribution in [1.29, 1.82) is 0 Å². The second-order valence-corrected chi connectivity index (χ2v) is 7.47. The number of carbonyl (C=O) groups is 1. The first kappa shape index (κ1) is 18.8. The van der Waals surface area contributed by atoms with Gasteiger partial charge in [-0.3, -0.25) is 4.79 Å². The fraction of sp³-hybridized carbons (Fsp3) is 0.381. The summed E-state index contributed by atoms with van der Waals surface area (Å²) in [5.74, 6) is -1.06. The fourth-order valence-corrected chi connectivity index (χ4v) is 4.96. The van der Waals surface area contributed by atoms with Crippen molar-refractivity contribution >= 4 is 34.2 Å². The third-order valence-corrected chi connectivity index (χ3v) is 6.09. The molecule has 0 aliphatic carbocycles. The van der Waals surface area contributed by atoms with Crippen LogP contribution in [0.2, 0.25) is 0 Å². The molecule has 1 aliphatic heterocycles. The summed E-state index contributed by atoms with van der Waals surface area (Å²) in [6, 6.07) is 3.21. The van der Waals surface area contributed by atoms with Gasteiger partial charge >= 0.3 is 5.97 Å². The Labute approximate surface area is 157 Å². The summed E-state index contributed by atoms with van der Waals surface area (Å²) in [7, 11) is 0. The van der Waals surface area contributed by atoms with Crippen molar-refractivity contribution in [2.75, 3.05) is 0 Å². The highest BCUT2D eigenvalue weighted by Gasteiger charge is 2.32. The molecule has 1 N–H and O–H groups in total. The minimum Gasteiger partial charge on any atom is -0.481 e. The average molecular weight is 373 g/mol. The number of aryl methyl sites for hydroxylation is 1. The largest absolute Gasteiger partial charge is 0.481 e. The summed E-state index contributed by atoms with van der Waals surface area (Å²) in [6.07, 6.45) is 5.73. The molecule has 2 heterocycles. The third kappa shape index (κ3) is 3.20. The summed E-state index contributed by atoms with van der Waals surface area (Å²) >= 11 is 1.61. The van der Waals surface area contributed by atoms with Crippen LogP contribution in [0.25, 0.3) is 16.5 Å². The summed E-state index contributed by atoms with van der Waals surface area (Å²) < 4.78 is 16.5. The Hall–Kier alpha value is -2.01. The average Bonchev–Trinajstić information content (AvgIpc) is 3.13. The molecule has 1 aromatic carbocycles. The number of fused-ring (bicyclic) bond motifs is 3. The molecule has 0 amide bonds. The van der Waals surface area contributed by atoms with Crippen molar-refractivity contribution in [1.82, 2.24) is 4.57 Å². The Kier molecular flexibility index (Phi) is 5.56. The summed E-state index contributed by atoms with van der Waals surface area (Å²) in [5.41, 5.74) is 3.95. The normalized spacial score (nSPS) is 17.4. The van der Waals surface area contributed by atoms with E-state index in [4.69, 9.17) is 0 Å². The highest BCUT2D eigenvalue weighted by molar-refractivity contribution is 8.02. The first-order valence-corrected chi connectivity index (χ1v) is 9.90. The molecule has 0 spiro atoms. The van der Waals surface area contributed by atoms with Crippen LogP contribution in [-0.4, -0.2) is 15.6 Å². The number of halogens is 1. The second kappa shape index (κ2) is 7.70. The smallest absolute Gasteiger partial charge is 0.304 e. The number of aliphatic carboxylic acids is 1. The molecule has 1 aromatic heterocycles. The number of rotatable bonds is 6. The SMILES string of the molecule is C/C=C/Sc1c2n(c3cc(F)cc(/C(=C/C)CC)c13)CCC2CC(=O)O. The molecule has 138 valence electrons. The number of benzene rings is 1. The fourth-order valence-electron chi connectivity index (χ4n) is 3.96. The van der Waals surface area contributed by atoms with Gasteiger partial charge in [-0.15, -0.1) is 0 Å². The summed E-state index contributed by atoms with van der Waals surface area (Å²) in [5, 5.41) is 12.4. The van der Waals surface area contributed by atoms with E-state index in [9.17, 15) is 14.3 Å². The van der Waals surface area contributed by atoms with Crippen LogP contribution in [0, 0.1) is 5.82 Å². The molecule has 0 saturated carbocycles. The maximum atomic E-state index is 14.4. The minimum absolute atomic E-state index is 0.0285. The van der Waals surface area contributed by atoms with Crippen LogP contribution in [0.5, 0.6) is 0 Å². The molecule has 26 heavy (non-hydrogen) atoms. The Morgan fingerprint density at radius 1 is 1.42 bits per heavy atom. The number of aromatic nitrogens is 1. The van der Waals surface area contributed by atoms with Gasteiger partial charge in [-0.25, -0.2) is 4.39 Å². The Morgan fingerprint density at radius 3 is 2.81 bits per heavy atom. The van der Waals surface area contributed by atoms with Crippen LogP contribution >= 0.6 is 11.8 Å². The van der Waals surface area contributed by atoms with Crippen LogP contribution in [0.4, 0.5) is 4.39 Å². The van der Waals surface area contributed by atoms with Gasteiger partial charge in [0.15, 0.2) is 0 Å². The summed E-state index contributed by atoms with van der Waals surface area (Å²) in [6.45, 7) is 6.75. The van der Waals surface area contributed by atoms with Gasteiger partial charge in [-0.05, 0) is 55.4 Å².